The van der Waals surface area contributed by atoms with Crippen LogP contribution in [0.2, 0.25) is 0 Å². The molecule has 0 saturated carbocycles. The number of oxime groups is 1. The van der Waals surface area contributed by atoms with E-state index < -0.39 is 47.7 Å². The molecule has 1 saturated heterocycles. The zero-order chi connectivity index (χ0) is 29.7. The second kappa shape index (κ2) is 12.7. The number of carboxylic acid groups (broad SMARTS) is 1. The molecule has 2 atom stereocenters. The lowest BCUT2D eigenvalue weighted by Crippen LogP contribution is -2.71. The highest BCUT2D eigenvalue weighted by Gasteiger charge is 2.54. The van der Waals surface area contributed by atoms with Gasteiger partial charge < -0.3 is 20.6 Å². The number of amides is 3. The highest BCUT2D eigenvalue weighted by Crippen LogP contribution is 2.41. The molecule has 3 N–H and O–H groups in total. The molecule has 2 aliphatic heterocycles. The van der Waals surface area contributed by atoms with Crippen LogP contribution in [0.15, 0.2) is 39.6 Å². The van der Waals surface area contributed by atoms with Gasteiger partial charge in [0.15, 0.2) is 10.8 Å². The van der Waals surface area contributed by atoms with Crippen molar-refractivity contribution in [2.24, 2.45) is 5.16 Å². The maximum absolute atomic E-state index is 13.0. The first-order chi connectivity index (χ1) is 19.5. The first-order valence-corrected chi connectivity index (χ1v) is 14.1. The van der Waals surface area contributed by atoms with Crippen LogP contribution < -0.4 is 10.6 Å². The van der Waals surface area contributed by atoms with Crippen molar-refractivity contribution >= 4 is 69.9 Å². The fourth-order valence-corrected chi connectivity index (χ4v) is 6.59. The molecule has 2 aromatic rings. The number of nitrogens with one attached hydrogen (secondary N) is 2. The van der Waals surface area contributed by atoms with E-state index in [1.54, 1.807) is 6.08 Å². The van der Waals surface area contributed by atoms with Gasteiger partial charge in [-0.2, -0.15) is 13.2 Å². The monoisotopic (exact) mass is 633 g/mol. The summed E-state index contributed by atoms with van der Waals surface area (Å²) in [5, 5.41) is 29.9. The maximum Gasteiger partial charge on any atom is 0.425 e. The topological polar surface area (TPSA) is 194 Å². The van der Waals surface area contributed by atoms with Crippen molar-refractivity contribution in [3.8, 4) is 0 Å². The van der Waals surface area contributed by atoms with Crippen LogP contribution in [0.25, 0.3) is 0 Å². The van der Waals surface area contributed by atoms with Gasteiger partial charge >= 0.3 is 12.1 Å². The molecule has 0 spiro atoms. The third-order valence-electron chi connectivity index (χ3n) is 5.24. The Labute approximate surface area is 240 Å². The summed E-state index contributed by atoms with van der Waals surface area (Å²) in [5.74, 6) is -2.83. The summed E-state index contributed by atoms with van der Waals surface area (Å²) >= 11 is 3.22. The fourth-order valence-electron chi connectivity index (χ4n) is 3.57. The number of thioether (sulfide) groups is 2. The molecule has 1 unspecified atom stereocenters. The largest absolute Gasteiger partial charge is 0.477 e. The second-order valence-corrected chi connectivity index (χ2v) is 10.9. The van der Waals surface area contributed by atoms with E-state index in [2.05, 4.69) is 47.7 Å². The van der Waals surface area contributed by atoms with Crippen LogP contribution >= 0.6 is 34.9 Å². The first-order valence-electron chi connectivity index (χ1n) is 11.2. The number of halogens is 3. The molecule has 4 heterocycles. The summed E-state index contributed by atoms with van der Waals surface area (Å²) in [6, 6.07) is -1.21. The molecule has 1 fully saturated rings. The molecule has 218 valence electrons. The molecule has 0 bridgehead atoms. The summed E-state index contributed by atoms with van der Waals surface area (Å²) in [7, 11) is 0. The first kappa shape index (κ1) is 30.0. The number of aromatic nitrogens is 5. The third-order valence-corrected chi connectivity index (χ3v) is 8.40. The summed E-state index contributed by atoms with van der Waals surface area (Å²) in [6.45, 7) is 2.16. The number of rotatable bonds is 13. The minimum Gasteiger partial charge on any atom is -0.477 e. The quantitative estimate of drug-likeness (QED) is 0.0699. The van der Waals surface area contributed by atoms with Crippen LogP contribution in [0.5, 0.6) is 0 Å². The molecule has 2 aromatic heterocycles. The number of β-lactam (4-membered cyclic amide) rings is 1. The summed E-state index contributed by atoms with van der Waals surface area (Å²) in [6.07, 6.45) is -2.84. The van der Waals surface area contributed by atoms with Gasteiger partial charge in [-0.1, -0.05) is 23.0 Å². The zero-order valence-electron chi connectivity index (χ0n) is 20.4. The number of hydrogen-bond donors (Lipinski definition) is 3. The maximum atomic E-state index is 13.0. The van der Waals surface area contributed by atoms with Gasteiger partial charge in [0.2, 0.25) is 18.2 Å². The number of carboxylic acids is 1. The van der Waals surface area contributed by atoms with Crippen LogP contribution in [0.3, 0.4) is 0 Å². The average Bonchev–Trinajstić information content (AvgIpc) is 3.57. The van der Waals surface area contributed by atoms with E-state index in [4.69, 9.17) is 0 Å². The van der Waals surface area contributed by atoms with Gasteiger partial charge in [0.25, 0.3) is 11.8 Å². The second-order valence-electron chi connectivity index (χ2n) is 7.97. The number of fused-ring (bicyclic) bond motifs is 1. The number of aliphatic carboxylic acids is 1. The van der Waals surface area contributed by atoms with Gasteiger partial charge in [-0.3, -0.25) is 19.3 Å². The molecule has 21 heteroatoms. The number of nitrogens with zero attached hydrogens (tertiary/aromatic N) is 7. The number of thiazole rings is 1. The Balaban J connectivity index is 1.50. The normalized spacial score (nSPS) is 18.9. The van der Waals surface area contributed by atoms with Crippen molar-refractivity contribution in [3.63, 3.8) is 0 Å². The lowest BCUT2D eigenvalue weighted by molar-refractivity contribution is -0.174. The van der Waals surface area contributed by atoms with Crippen molar-refractivity contribution < 1.29 is 42.3 Å². The van der Waals surface area contributed by atoms with Crippen molar-refractivity contribution in [2.75, 3.05) is 23.4 Å². The molecular weight excluding hydrogens is 615 g/mol. The molecule has 4 rings (SSSR count). The van der Waals surface area contributed by atoms with Gasteiger partial charge in [-0.05, 0) is 16.0 Å². The number of allylic oxidation sites excluding steroid dienone is 1. The van der Waals surface area contributed by atoms with Gasteiger partial charge in [-0.25, -0.2) is 14.5 Å². The third kappa shape index (κ3) is 6.85. The van der Waals surface area contributed by atoms with Gasteiger partial charge in [-0.15, -0.1) is 34.8 Å². The highest BCUT2D eigenvalue weighted by atomic mass is 32.2. The summed E-state index contributed by atoms with van der Waals surface area (Å²) in [4.78, 5) is 58.1. The van der Waals surface area contributed by atoms with E-state index in [-0.39, 0.29) is 28.0 Å². The lowest BCUT2D eigenvalue weighted by atomic mass is 10.0. The van der Waals surface area contributed by atoms with Crippen molar-refractivity contribution in [1.82, 2.24) is 35.4 Å². The number of carbonyl (C=O) groups excluding carboxylic acids is 3. The molecule has 0 radical (unpaired) electrons. The lowest BCUT2D eigenvalue weighted by Gasteiger charge is -2.49. The zero-order valence-corrected chi connectivity index (χ0v) is 22.8. The Kier molecular flexibility index (Phi) is 9.28. The number of anilines is 1. The Morgan fingerprint density at radius 1 is 1.39 bits per heavy atom. The van der Waals surface area contributed by atoms with Crippen LogP contribution in [0.1, 0.15) is 5.69 Å². The number of tetrazole rings is 1. The Morgan fingerprint density at radius 3 is 2.85 bits per heavy atom. The number of hydrogen-bond acceptors (Lipinski definition) is 13. The minimum absolute atomic E-state index is 0.0280. The average molecular weight is 634 g/mol. The molecular formula is C20H18F3N9O6S3. The summed E-state index contributed by atoms with van der Waals surface area (Å²) in [5.41, 5.74) is -0.718. The van der Waals surface area contributed by atoms with Crippen molar-refractivity contribution in [3.05, 3.63) is 35.0 Å². The fraction of sp³-hybridized carbons (Fsp3) is 0.350. The van der Waals surface area contributed by atoms with Crippen molar-refractivity contribution in [1.29, 1.82) is 0 Å². The Hall–Kier alpha value is -3.98. The van der Waals surface area contributed by atoms with Crippen LogP contribution in [-0.2, 0) is 30.6 Å². The Morgan fingerprint density at radius 2 is 2.17 bits per heavy atom. The minimum atomic E-state index is -4.74. The van der Waals surface area contributed by atoms with Crippen LogP contribution in [0, 0.1) is 0 Å². The molecule has 3 amide bonds. The van der Waals surface area contributed by atoms with E-state index >= 15 is 0 Å². The predicted octanol–water partition coefficient (Wildman–Crippen LogP) is 0.698. The van der Waals surface area contributed by atoms with Gasteiger partial charge in [0.05, 0.1) is 6.54 Å². The summed E-state index contributed by atoms with van der Waals surface area (Å²) < 4.78 is 39.2. The molecule has 0 aliphatic carbocycles. The predicted molar refractivity (Wildman–Crippen MR) is 139 cm³/mol. The van der Waals surface area contributed by atoms with E-state index in [1.165, 1.54) is 33.6 Å². The number of carbonyl (C=O) groups is 4. The smallest absolute Gasteiger partial charge is 0.425 e. The molecule has 2 aliphatic rings. The van der Waals surface area contributed by atoms with Gasteiger partial charge in [0.1, 0.15) is 22.8 Å². The number of alkyl halides is 3. The molecule has 15 nitrogen and oxygen atoms in total. The van der Waals surface area contributed by atoms with E-state index in [9.17, 15) is 37.5 Å². The Bertz CT molecular complexity index is 1430. The van der Waals surface area contributed by atoms with Crippen LogP contribution in [0.4, 0.5) is 18.3 Å². The molecule has 0 aromatic carbocycles. The standard InChI is InChI=1S/C20H18F3N9O6S3/c1-2-3-31-19(27-29-30-31)41-5-9-4-39-16-12(15(35)32(16)13(9)17(36)37)26-14(34)11(28-38-7-20(21,22)23)10-6-40-18(25-10)24-8-33/h2,6,8,12,16H,1,3-5,7H2,(H,26,34)(H,36,37)(H,24,25,33)/t12?,16-/m0/s1. The van der Waals surface area contributed by atoms with E-state index in [1.807, 2.05) is 0 Å². The van der Waals surface area contributed by atoms with Crippen LogP contribution in [-0.4, -0.2) is 101 Å². The molecule has 41 heavy (non-hydrogen) atoms. The SMILES string of the molecule is C=CCn1nnnc1SCC1=C(C(=O)O)N2C(=O)C(NC(=O)C(=NOCC(F)(F)F)c3csc(NC=O)n3)[C@@H]2SC1. The van der Waals surface area contributed by atoms with Gasteiger partial charge in [0, 0.05) is 16.9 Å². The highest BCUT2D eigenvalue weighted by molar-refractivity contribution is 8.01. The van der Waals surface area contributed by atoms with E-state index in [0.29, 0.717) is 23.7 Å². The van der Waals surface area contributed by atoms with Crippen molar-refractivity contribution in [2.45, 2.75) is 29.3 Å². The van der Waals surface area contributed by atoms with E-state index in [0.717, 1.165) is 16.2 Å².